The quantitative estimate of drug-likeness (QED) is 0.422. The van der Waals surface area contributed by atoms with Crippen molar-refractivity contribution >= 4 is 22.9 Å². The highest BCUT2D eigenvalue weighted by Crippen LogP contribution is 2.37. The topological polar surface area (TPSA) is 120 Å². The number of nitrogens with zero attached hydrogens (tertiary/aromatic N) is 3. The minimum Gasteiger partial charge on any atom is -0.494 e. The highest BCUT2D eigenvalue weighted by Gasteiger charge is 2.51. The molecule has 2 aromatic heterocycles. The summed E-state index contributed by atoms with van der Waals surface area (Å²) in [5.41, 5.74) is 1.70. The third kappa shape index (κ3) is 3.48. The fourth-order valence-corrected chi connectivity index (χ4v) is 4.96. The van der Waals surface area contributed by atoms with E-state index in [-0.39, 0.29) is 36.0 Å². The minimum absolute atomic E-state index is 0.0294. The van der Waals surface area contributed by atoms with Crippen molar-refractivity contribution in [2.24, 2.45) is 0 Å². The zero-order chi connectivity index (χ0) is 26.6. The molecular weight excluding hydrogens is 489 g/mol. The Balaban J connectivity index is 1.39. The smallest absolute Gasteiger partial charge is 0.261 e. The van der Waals surface area contributed by atoms with Gasteiger partial charge in [0, 0.05) is 18.2 Å². The van der Waals surface area contributed by atoms with Crippen molar-refractivity contribution in [3.8, 4) is 23.1 Å². The second-order valence-corrected chi connectivity index (χ2v) is 9.12. The number of pyridine rings is 1. The van der Waals surface area contributed by atoms with Gasteiger partial charge in [-0.1, -0.05) is 24.8 Å². The number of ether oxygens (including phenoxy) is 1. The van der Waals surface area contributed by atoms with Gasteiger partial charge in [-0.2, -0.15) is 5.26 Å². The molecule has 2 aromatic carbocycles. The number of hydrogen-bond acceptors (Lipinski definition) is 7. The molecule has 6 rings (SSSR count). The van der Waals surface area contributed by atoms with Crippen LogP contribution in [-0.2, 0) is 16.9 Å². The summed E-state index contributed by atoms with van der Waals surface area (Å²) in [6.45, 7) is 3.77. The van der Waals surface area contributed by atoms with Gasteiger partial charge in [0.15, 0.2) is 22.7 Å². The molecule has 38 heavy (non-hydrogen) atoms. The van der Waals surface area contributed by atoms with Crippen molar-refractivity contribution < 1.29 is 23.1 Å². The molecule has 0 bridgehead atoms. The van der Waals surface area contributed by atoms with Gasteiger partial charge in [-0.25, -0.2) is 9.37 Å². The lowest BCUT2D eigenvalue weighted by molar-refractivity contribution is -0.125. The van der Waals surface area contributed by atoms with Gasteiger partial charge in [0.2, 0.25) is 0 Å². The molecule has 1 atom stereocenters. The molecule has 1 fully saturated rings. The Morgan fingerprint density at radius 1 is 1.24 bits per heavy atom. The molecule has 188 valence electrons. The molecule has 2 aliphatic rings. The van der Waals surface area contributed by atoms with Crippen LogP contribution in [0.3, 0.4) is 0 Å². The van der Waals surface area contributed by atoms with Crippen LogP contribution in [-0.4, -0.2) is 35.4 Å². The highest BCUT2D eigenvalue weighted by molar-refractivity contribution is 6.00. The number of halogens is 1. The lowest BCUT2D eigenvalue weighted by Crippen LogP contribution is -2.52. The van der Waals surface area contributed by atoms with E-state index in [4.69, 9.17) is 9.15 Å². The predicted octanol–water partition coefficient (Wildman–Crippen LogP) is 3.56. The molecule has 10 heteroatoms. The number of rotatable bonds is 5. The molecule has 0 aliphatic carbocycles. The molecule has 1 saturated heterocycles. The largest absolute Gasteiger partial charge is 0.494 e. The minimum atomic E-state index is -1.52. The van der Waals surface area contributed by atoms with Crippen LogP contribution >= 0.6 is 0 Å². The summed E-state index contributed by atoms with van der Waals surface area (Å²) in [5.74, 6) is -1.32. The number of aromatic nitrogens is 1. The van der Waals surface area contributed by atoms with Gasteiger partial charge in [0.1, 0.15) is 11.3 Å². The Morgan fingerprint density at radius 3 is 2.82 bits per heavy atom. The van der Waals surface area contributed by atoms with Crippen molar-refractivity contribution in [1.82, 2.24) is 20.5 Å². The monoisotopic (exact) mass is 509 g/mol. The number of methoxy groups -OCH3 is 1. The number of nitrogens with one attached hydrogen (secondary N) is 2. The van der Waals surface area contributed by atoms with Gasteiger partial charge in [0.05, 0.1) is 42.4 Å². The van der Waals surface area contributed by atoms with E-state index >= 15 is 0 Å². The second-order valence-electron chi connectivity index (χ2n) is 9.12. The zero-order valence-electron chi connectivity index (χ0n) is 20.2. The summed E-state index contributed by atoms with van der Waals surface area (Å²) in [6, 6.07) is 17.4. The number of carbonyl (C=O) groups excluding carboxylic acids is 2. The summed E-state index contributed by atoms with van der Waals surface area (Å²) in [6.07, 6.45) is 0. The third-order valence-electron chi connectivity index (χ3n) is 6.80. The Bertz CT molecular complexity index is 1720. The molecule has 2 amide bonds. The first-order valence-corrected chi connectivity index (χ1v) is 11.7. The predicted molar refractivity (Wildman–Crippen MR) is 134 cm³/mol. The van der Waals surface area contributed by atoms with E-state index in [0.29, 0.717) is 27.9 Å². The van der Waals surface area contributed by atoms with E-state index in [0.717, 1.165) is 5.56 Å². The van der Waals surface area contributed by atoms with Crippen molar-refractivity contribution in [3.63, 3.8) is 0 Å². The van der Waals surface area contributed by atoms with Crippen molar-refractivity contribution in [1.29, 1.82) is 5.26 Å². The summed E-state index contributed by atoms with van der Waals surface area (Å²) >= 11 is 0. The lowest BCUT2D eigenvalue weighted by atomic mass is 9.95. The number of carbonyl (C=O) groups is 2. The Hall–Kier alpha value is -5.17. The Kier molecular flexibility index (Phi) is 5.17. The Morgan fingerprint density at radius 2 is 2.08 bits per heavy atom. The van der Waals surface area contributed by atoms with Gasteiger partial charge >= 0.3 is 0 Å². The maximum Gasteiger partial charge on any atom is 0.261 e. The molecule has 9 nitrogen and oxygen atoms in total. The maximum absolute atomic E-state index is 14.9. The SMILES string of the molecule is C=C1NC(=O)[C@](CN2Cc3ccc(OC)c(F)c3C2=O)(c2cc3nc(-c4cccc(C#N)c4)ccc3o2)N1. The van der Waals surface area contributed by atoms with Crippen molar-refractivity contribution in [2.75, 3.05) is 13.7 Å². The molecule has 4 aromatic rings. The first-order valence-electron chi connectivity index (χ1n) is 11.7. The van der Waals surface area contributed by atoms with Gasteiger partial charge in [0.25, 0.3) is 11.8 Å². The van der Waals surface area contributed by atoms with Crippen LogP contribution in [0, 0.1) is 17.1 Å². The van der Waals surface area contributed by atoms with Gasteiger partial charge in [-0.05, 0) is 35.9 Å². The van der Waals surface area contributed by atoms with E-state index in [1.165, 1.54) is 18.1 Å². The van der Waals surface area contributed by atoms with Gasteiger partial charge in [-0.3, -0.25) is 9.59 Å². The second kappa shape index (κ2) is 8.45. The number of benzene rings is 2. The van der Waals surface area contributed by atoms with Crippen LogP contribution in [0.2, 0.25) is 0 Å². The van der Waals surface area contributed by atoms with Crippen LogP contribution in [0.4, 0.5) is 4.39 Å². The van der Waals surface area contributed by atoms with E-state index in [1.54, 1.807) is 42.5 Å². The normalized spacial score (nSPS) is 18.3. The van der Waals surface area contributed by atoms with E-state index in [2.05, 4.69) is 28.3 Å². The van der Waals surface area contributed by atoms with Crippen LogP contribution in [0.15, 0.2) is 71.4 Å². The number of amides is 2. The number of hydrogen-bond donors (Lipinski definition) is 2. The molecular formula is C28H20FN5O4. The van der Waals surface area contributed by atoms with Gasteiger partial charge < -0.3 is 24.7 Å². The summed E-state index contributed by atoms with van der Waals surface area (Å²) < 4.78 is 26.0. The first kappa shape index (κ1) is 23.2. The van der Waals surface area contributed by atoms with Crippen LogP contribution in [0.1, 0.15) is 27.2 Å². The molecule has 2 aliphatic heterocycles. The average Bonchev–Trinajstić information content (AvgIpc) is 3.57. The third-order valence-corrected chi connectivity index (χ3v) is 6.80. The molecule has 0 unspecified atom stereocenters. The van der Waals surface area contributed by atoms with E-state index < -0.39 is 23.2 Å². The fourth-order valence-electron chi connectivity index (χ4n) is 4.96. The molecule has 2 N–H and O–H groups in total. The van der Waals surface area contributed by atoms with Gasteiger partial charge in [-0.15, -0.1) is 0 Å². The fraction of sp³-hybridized carbons (Fsp3) is 0.143. The number of nitriles is 1. The highest BCUT2D eigenvalue weighted by atomic mass is 19.1. The standard InChI is InChI=1S/C28H20FN5O4/c1-15-31-27(36)28(33-15,14-34-13-18-6-8-22(37-2)25(29)24(18)26(34)35)23-11-20-21(38-23)9-7-19(32-20)17-5-3-4-16(10-17)12-30/h3-11,33H,1,13-14H2,2H3,(H,31,36)/t28-/m0/s1. The first-order chi connectivity index (χ1) is 18.3. The average molecular weight is 509 g/mol. The molecule has 4 heterocycles. The lowest BCUT2D eigenvalue weighted by Gasteiger charge is -2.29. The maximum atomic E-state index is 14.9. The summed E-state index contributed by atoms with van der Waals surface area (Å²) in [7, 11) is 1.33. The van der Waals surface area contributed by atoms with Crippen LogP contribution in [0.25, 0.3) is 22.4 Å². The van der Waals surface area contributed by atoms with Crippen molar-refractivity contribution in [2.45, 2.75) is 12.1 Å². The zero-order valence-corrected chi connectivity index (χ0v) is 20.2. The molecule has 0 spiro atoms. The number of fused-ring (bicyclic) bond motifs is 2. The summed E-state index contributed by atoms with van der Waals surface area (Å²) in [5, 5.41) is 14.9. The Labute approximate surface area is 216 Å². The molecule has 0 saturated carbocycles. The van der Waals surface area contributed by atoms with Crippen molar-refractivity contribution in [3.05, 3.63) is 95.3 Å². The van der Waals surface area contributed by atoms with Crippen LogP contribution < -0.4 is 15.4 Å². The van der Waals surface area contributed by atoms with E-state index in [1.807, 2.05) is 6.07 Å². The van der Waals surface area contributed by atoms with E-state index in [9.17, 15) is 19.2 Å². The van der Waals surface area contributed by atoms with Crippen LogP contribution in [0.5, 0.6) is 5.75 Å². The summed E-state index contributed by atoms with van der Waals surface area (Å²) in [4.78, 5) is 32.6. The molecule has 0 radical (unpaired) electrons. The number of furan rings is 1.